The molecule has 0 heterocycles. The van der Waals surface area contributed by atoms with Gasteiger partial charge >= 0.3 is 6.18 Å². The van der Waals surface area contributed by atoms with E-state index < -0.39 is 11.7 Å². The zero-order valence-electron chi connectivity index (χ0n) is 19.5. The van der Waals surface area contributed by atoms with Gasteiger partial charge in [-0.05, 0) is 85.5 Å². The predicted octanol–water partition coefficient (Wildman–Crippen LogP) is 6.55. The Morgan fingerprint density at radius 3 is 2.26 bits per heavy atom. The molecule has 0 aliphatic heterocycles. The number of hydrogen-bond acceptors (Lipinski definition) is 4. The van der Waals surface area contributed by atoms with Gasteiger partial charge in [-0.2, -0.15) is 13.2 Å². The number of alkyl halides is 3. The van der Waals surface area contributed by atoms with Crippen LogP contribution in [0.2, 0.25) is 0 Å². The molecule has 186 valence electrons. The third kappa shape index (κ3) is 7.47. The lowest BCUT2D eigenvalue weighted by Gasteiger charge is -2.24. The van der Waals surface area contributed by atoms with E-state index in [9.17, 15) is 22.4 Å². The third-order valence-corrected chi connectivity index (χ3v) is 6.46. The topological polar surface area (TPSA) is 41.6 Å². The molecule has 0 fully saturated rings. The Labute approximate surface area is 206 Å². The van der Waals surface area contributed by atoms with Crippen LogP contribution in [-0.4, -0.2) is 29.9 Å². The molecule has 0 aromatic heterocycles. The number of nitrogens with one attached hydrogen (secondary N) is 1. The van der Waals surface area contributed by atoms with Gasteiger partial charge in [-0.15, -0.1) is 0 Å². The number of amides is 1. The molecule has 0 atom stereocenters. The molecule has 3 rings (SSSR count). The summed E-state index contributed by atoms with van der Waals surface area (Å²) in [6.07, 6.45) is -4.41. The van der Waals surface area contributed by atoms with Crippen molar-refractivity contribution in [2.45, 2.75) is 37.5 Å². The van der Waals surface area contributed by atoms with E-state index in [1.165, 1.54) is 43.3 Å². The van der Waals surface area contributed by atoms with Gasteiger partial charge in [-0.25, -0.2) is 8.70 Å². The molecule has 0 spiro atoms. The van der Waals surface area contributed by atoms with Crippen LogP contribution >= 0.6 is 11.9 Å². The quantitative estimate of drug-likeness (QED) is 0.264. The molecule has 0 saturated carbocycles. The van der Waals surface area contributed by atoms with Crippen LogP contribution in [0.3, 0.4) is 0 Å². The van der Waals surface area contributed by atoms with E-state index >= 15 is 0 Å². The van der Waals surface area contributed by atoms with Gasteiger partial charge < -0.3 is 10.1 Å². The van der Waals surface area contributed by atoms with Crippen LogP contribution in [0, 0.1) is 5.82 Å². The second-order valence-electron chi connectivity index (χ2n) is 8.10. The molecule has 1 amide bonds. The van der Waals surface area contributed by atoms with E-state index in [0.717, 1.165) is 22.6 Å². The van der Waals surface area contributed by atoms with Crippen LogP contribution in [0.5, 0.6) is 5.75 Å². The van der Waals surface area contributed by atoms with Gasteiger partial charge in [-0.3, -0.25) is 4.79 Å². The maximum atomic E-state index is 13.2. The maximum Gasteiger partial charge on any atom is 0.416 e. The van der Waals surface area contributed by atoms with Gasteiger partial charge in [0.2, 0.25) is 5.91 Å². The number of ether oxygens (including phenoxy) is 1. The number of methoxy groups -OCH3 is 1. The second kappa shape index (κ2) is 11.6. The van der Waals surface area contributed by atoms with Crippen LogP contribution in [0.15, 0.2) is 71.6 Å². The van der Waals surface area contributed by atoms with Crippen LogP contribution in [-0.2, 0) is 17.5 Å². The third-order valence-electron chi connectivity index (χ3n) is 5.19. The Morgan fingerprint density at radius 2 is 1.69 bits per heavy atom. The number of carbonyl (C=O) groups excluding carboxylic acids is 1. The fourth-order valence-electron chi connectivity index (χ4n) is 3.28. The normalized spacial score (nSPS) is 11.7. The molecule has 0 aliphatic carbocycles. The van der Waals surface area contributed by atoms with Crippen molar-refractivity contribution in [3.63, 3.8) is 0 Å². The van der Waals surface area contributed by atoms with E-state index in [2.05, 4.69) is 5.32 Å². The molecule has 0 bridgehead atoms. The molecule has 0 aliphatic rings. The van der Waals surface area contributed by atoms with Crippen LogP contribution < -0.4 is 10.1 Å². The average molecular weight is 507 g/mol. The Hall–Kier alpha value is -3.04. The molecule has 3 aromatic carbocycles. The van der Waals surface area contributed by atoms with E-state index in [-0.39, 0.29) is 30.9 Å². The molecule has 0 unspecified atom stereocenters. The van der Waals surface area contributed by atoms with Crippen molar-refractivity contribution in [2.75, 3.05) is 13.7 Å². The number of nitrogens with zero attached hydrogens (tertiary/aromatic N) is 1. The lowest BCUT2D eigenvalue weighted by Crippen LogP contribution is -2.36. The van der Waals surface area contributed by atoms with Crippen molar-refractivity contribution in [3.05, 3.63) is 83.7 Å². The van der Waals surface area contributed by atoms with Crippen LogP contribution in [0.25, 0.3) is 11.1 Å². The van der Waals surface area contributed by atoms with Crippen molar-refractivity contribution in [1.29, 1.82) is 0 Å². The molecular formula is C26H26F4N2O2S. The number of halogens is 4. The first kappa shape index (κ1) is 26.6. The molecule has 9 heteroatoms. The maximum absolute atomic E-state index is 13.2. The lowest BCUT2D eigenvalue weighted by atomic mass is 10.0. The number of rotatable bonds is 9. The Bertz CT molecular complexity index is 1130. The Balaban J connectivity index is 1.67. The largest absolute Gasteiger partial charge is 0.496 e. The van der Waals surface area contributed by atoms with Gasteiger partial charge in [0.1, 0.15) is 11.6 Å². The molecule has 1 N–H and O–H groups in total. The highest BCUT2D eigenvalue weighted by molar-refractivity contribution is 7.97. The first-order chi connectivity index (χ1) is 16.6. The van der Waals surface area contributed by atoms with E-state index in [1.807, 2.05) is 18.2 Å². The first-order valence-electron chi connectivity index (χ1n) is 10.9. The molecule has 4 nitrogen and oxygen atoms in total. The van der Waals surface area contributed by atoms with E-state index in [1.54, 1.807) is 30.3 Å². The van der Waals surface area contributed by atoms with Gasteiger partial charge in [0, 0.05) is 23.0 Å². The summed E-state index contributed by atoms with van der Waals surface area (Å²) < 4.78 is 59.1. The van der Waals surface area contributed by atoms with E-state index in [0.29, 0.717) is 16.9 Å². The zero-order chi connectivity index (χ0) is 25.6. The standard InChI is InChI=1S/C26H26F4N2O2S/c1-17(2)32(35-22-11-9-21(27)10-12-22)16-25(33)31-15-18-4-13-24(34-3)23(14-18)19-5-7-20(8-6-19)26(28,29)30/h4-14,17H,15-16H2,1-3H3,(H,31,33). The number of benzene rings is 3. The van der Waals surface area contributed by atoms with Crippen molar-refractivity contribution in [3.8, 4) is 16.9 Å². The minimum Gasteiger partial charge on any atom is -0.496 e. The summed E-state index contributed by atoms with van der Waals surface area (Å²) in [7, 11) is 1.49. The van der Waals surface area contributed by atoms with Crippen LogP contribution in [0.1, 0.15) is 25.0 Å². The Morgan fingerprint density at radius 1 is 1.03 bits per heavy atom. The summed E-state index contributed by atoms with van der Waals surface area (Å²) in [6, 6.07) is 16.3. The van der Waals surface area contributed by atoms with Gasteiger partial charge in [0.05, 0.1) is 19.2 Å². The van der Waals surface area contributed by atoms with Crippen molar-refractivity contribution >= 4 is 17.9 Å². The van der Waals surface area contributed by atoms with E-state index in [4.69, 9.17) is 4.74 Å². The summed E-state index contributed by atoms with van der Waals surface area (Å²) in [5.41, 5.74) is 1.25. The van der Waals surface area contributed by atoms with Gasteiger partial charge in [0.15, 0.2) is 0 Å². The minimum absolute atomic E-state index is 0.0584. The van der Waals surface area contributed by atoms with Gasteiger partial charge in [0.25, 0.3) is 0 Å². The molecule has 0 radical (unpaired) electrons. The minimum atomic E-state index is -4.41. The highest BCUT2D eigenvalue weighted by atomic mass is 32.2. The second-order valence-corrected chi connectivity index (χ2v) is 9.22. The van der Waals surface area contributed by atoms with Crippen LogP contribution in [0.4, 0.5) is 17.6 Å². The average Bonchev–Trinajstić information content (AvgIpc) is 2.83. The first-order valence-corrected chi connectivity index (χ1v) is 11.7. The smallest absolute Gasteiger partial charge is 0.416 e. The highest BCUT2D eigenvalue weighted by Crippen LogP contribution is 2.34. The fourth-order valence-corrected chi connectivity index (χ4v) is 4.20. The predicted molar refractivity (Wildman–Crippen MR) is 129 cm³/mol. The monoisotopic (exact) mass is 506 g/mol. The van der Waals surface area contributed by atoms with Gasteiger partial charge in [-0.1, -0.05) is 18.2 Å². The lowest BCUT2D eigenvalue weighted by molar-refractivity contribution is -0.137. The summed E-state index contributed by atoms with van der Waals surface area (Å²) in [5, 5.41) is 2.88. The summed E-state index contributed by atoms with van der Waals surface area (Å²) in [4.78, 5) is 13.5. The number of hydrogen-bond donors (Lipinski definition) is 1. The van der Waals surface area contributed by atoms with Crippen molar-refractivity contribution in [2.24, 2.45) is 0 Å². The number of carbonyl (C=O) groups is 1. The summed E-state index contributed by atoms with van der Waals surface area (Å²) >= 11 is 1.37. The molecule has 0 saturated heterocycles. The zero-order valence-corrected chi connectivity index (χ0v) is 20.3. The van der Waals surface area contributed by atoms with Crippen molar-refractivity contribution in [1.82, 2.24) is 9.62 Å². The summed E-state index contributed by atoms with van der Waals surface area (Å²) in [6.45, 7) is 4.29. The fraction of sp³-hybridized carbons (Fsp3) is 0.269. The SMILES string of the molecule is COc1ccc(CNC(=O)CN(Sc2ccc(F)cc2)C(C)C)cc1-c1ccc(C(F)(F)F)cc1. The molecule has 3 aromatic rings. The molecule has 35 heavy (non-hydrogen) atoms. The molecular weight excluding hydrogens is 480 g/mol. The Kier molecular flexibility index (Phi) is 8.80. The summed E-state index contributed by atoms with van der Waals surface area (Å²) in [5.74, 6) is 0.0000665. The van der Waals surface area contributed by atoms with Crippen molar-refractivity contribution < 1.29 is 27.1 Å². The highest BCUT2D eigenvalue weighted by Gasteiger charge is 2.30.